The van der Waals surface area contributed by atoms with Crippen molar-refractivity contribution in [2.24, 2.45) is 11.5 Å². The van der Waals surface area contributed by atoms with Gasteiger partial charge >= 0.3 is 17.6 Å². The molecular weight excluding hydrogens is 113 g/mol. The van der Waals surface area contributed by atoms with Crippen LogP contribution in [0.25, 0.3) is 0 Å². The zero-order chi connectivity index (χ0) is 2.71. The molecule has 0 spiro atoms. The van der Waals surface area contributed by atoms with Gasteiger partial charge < -0.3 is 11.5 Å². The van der Waals surface area contributed by atoms with E-state index in [1.807, 2.05) is 0 Å². The summed E-state index contributed by atoms with van der Waals surface area (Å²) < 4.78 is 0. The van der Waals surface area contributed by atoms with Gasteiger partial charge in [0.1, 0.15) is 0 Å². The van der Waals surface area contributed by atoms with E-state index in [1.54, 1.807) is 0 Å². The van der Waals surface area contributed by atoms with Crippen molar-refractivity contribution in [2.75, 3.05) is 0 Å². The summed E-state index contributed by atoms with van der Waals surface area (Å²) in [7, 11) is 0. The van der Waals surface area contributed by atoms with E-state index in [4.69, 9.17) is 0 Å². The monoisotopic (exact) mass is 123 g/mol. The number of nitrogens with two attached hydrogens (primary N) is 2. The normalized spacial score (nSPS) is 4.50. The first-order valence-corrected chi connectivity index (χ1v) is 0.667. The van der Waals surface area contributed by atoms with Crippen LogP contribution in [0.4, 0.5) is 0 Å². The molecular formula is CH9GeN2. The molecule has 0 aliphatic carbocycles. The Kier molecular flexibility index (Phi) is 21.6. The Morgan fingerprint density at radius 3 is 1.25 bits per heavy atom. The molecule has 0 aromatic heterocycles. The van der Waals surface area contributed by atoms with Crippen LogP contribution in [-0.4, -0.2) is 17.6 Å². The molecule has 0 aromatic carbocycles. The summed E-state index contributed by atoms with van der Waals surface area (Å²) in [5.41, 5.74) is 9.00. The fraction of sp³-hybridized carbons (Fsp3) is 0. The van der Waals surface area contributed by atoms with E-state index in [2.05, 4.69) is 11.5 Å². The van der Waals surface area contributed by atoms with Gasteiger partial charge in [0.25, 0.3) is 0 Å². The van der Waals surface area contributed by atoms with E-state index >= 15 is 0 Å². The average molecular weight is 122 g/mol. The van der Waals surface area contributed by atoms with Crippen LogP contribution in [0.5, 0.6) is 0 Å². The van der Waals surface area contributed by atoms with Crippen LogP contribution in [0.2, 0.25) is 0 Å². The molecule has 0 saturated heterocycles. The maximum absolute atomic E-state index is 4.50. The van der Waals surface area contributed by atoms with E-state index in [0.717, 1.165) is 6.67 Å². The molecule has 2 nitrogen and oxygen atoms in total. The molecule has 4 heavy (non-hydrogen) atoms. The summed E-state index contributed by atoms with van der Waals surface area (Å²) in [6.07, 6.45) is 0. The Morgan fingerprint density at radius 2 is 1.25 bits per heavy atom. The molecule has 0 bridgehead atoms. The van der Waals surface area contributed by atoms with Crippen LogP contribution in [-0.2, 0) is 0 Å². The van der Waals surface area contributed by atoms with Gasteiger partial charge in [-0.3, -0.25) is 0 Å². The Labute approximate surface area is 36.5 Å². The SMILES string of the molecule is N[CH]N.[GeH4]. The predicted octanol–water partition coefficient (Wildman–Crippen LogP) is -2.43. The van der Waals surface area contributed by atoms with Crippen molar-refractivity contribution in [3.8, 4) is 0 Å². The molecule has 1 radical (unpaired) electrons. The van der Waals surface area contributed by atoms with Gasteiger partial charge in [-0.05, 0) is 0 Å². The Balaban J connectivity index is 0. The van der Waals surface area contributed by atoms with E-state index in [-0.39, 0.29) is 17.6 Å². The van der Waals surface area contributed by atoms with Crippen molar-refractivity contribution in [3.05, 3.63) is 6.67 Å². The number of rotatable bonds is 0. The molecule has 0 heterocycles. The fourth-order valence-corrected chi connectivity index (χ4v) is 0. The fourth-order valence-electron chi connectivity index (χ4n) is 0. The van der Waals surface area contributed by atoms with Crippen LogP contribution in [0.1, 0.15) is 0 Å². The average Bonchev–Trinajstić information content (AvgIpc) is 0.918. The quantitative estimate of drug-likeness (QED) is 0.351. The van der Waals surface area contributed by atoms with Gasteiger partial charge in [-0.15, -0.1) is 0 Å². The Hall–Kier alpha value is 0.463. The van der Waals surface area contributed by atoms with Gasteiger partial charge in [0.15, 0.2) is 0 Å². The first kappa shape index (κ1) is 8.82. The van der Waals surface area contributed by atoms with Crippen LogP contribution in [0.15, 0.2) is 0 Å². The summed E-state index contributed by atoms with van der Waals surface area (Å²) in [5, 5.41) is 0. The van der Waals surface area contributed by atoms with Gasteiger partial charge in [0.2, 0.25) is 0 Å². The van der Waals surface area contributed by atoms with Crippen molar-refractivity contribution >= 4 is 17.6 Å². The standard InChI is InChI=1S/CH5N2.GeH4/c2-1-3;/h1H,2-3H2;1H4. The molecule has 4 N–H and O–H groups in total. The van der Waals surface area contributed by atoms with Gasteiger partial charge in [-0.1, -0.05) is 0 Å². The molecule has 0 atom stereocenters. The zero-order valence-corrected chi connectivity index (χ0v) is 1.73. The predicted molar refractivity (Wildman–Crippen MR) is 24.0 cm³/mol. The van der Waals surface area contributed by atoms with Crippen LogP contribution < -0.4 is 11.5 Å². The topological polar surface area (TPSA) is 52.0 Å². The number of hydrogen-bond donors (Lipinski definition) is 2. The van der Waals surface area contributed by atoms with Crippen LogP contribution in [0.3, 0.4) is 0 Å². The van der Waals surface area contributed by atoms with E-state index in [1.165, 1.54) is 0 Å². The minimum absolute atomic E-state index is 0. The van der Waals surface area contributed by atoms with E-state index < -0.39 is 0 Å². The van der Waals surface area contributed by atoms with Crippen molar-refractivity contribution in [1.29, 1.82) is 0 Å². The third-order valence-corrected chi connectivity index (χ3v) is 0. The second kappa shape index (κ2) is 9.82. The van der Waals surface area contributed by atoms with Gasteiger partial charge in [0.05, 0.1) is 6.67 Å². The molecule has 0 amide bonds. The Bertz CT molecular complexity index is 6.00. The summed E-state index contributed by atoms with van der Waals surface area (Å²) in [4.78, 5) is 0. The molecule has 0 fully saturated rings. The second-order valence-electron chi connectivity index (χ2n) is 0.192. The third kappa shape index (κ3) is 24.6. The van der Waals surface area contributed by atoms with Gasteiger partial charge in [0, 0.05) is 0 Å². The van der Waals surface area contributed by atoms with Gasteiger partial charge in [-0.2, -0.15) is 0 Å². The van der Waals surface area contributed by atoms with Crippen molar-refractivity contribution in [3.63, 3.8) is 0 Å². The molecule has 0 aliphatic rings. The summed E-state index contributed by atoms with van der Waals surface area (Å²) in [6.45, 7) is 1.00. The molecule has 0 unspecified atom stereocenters. The zero-order valence-electron chi connectivity index (χ0n) is 1.73. The summed E-state index contributed by atoms with van der Waals surface area (Å²) in [5.74, 6) is 0. The second-order valence-corrected chi connectivity index (χ2v) is 0.192. The van der Waals surface area contributed by atoms with E-state index in [9.17, 15) is 0 Å². The van der Waals surface area contributed by atoms with Crippen molar-refractivity contribution in [2.45, 2.75) is 0 Å². The summed E-state index contributed by atoms with van der Waals surface area (Å²) >= 11 is 0. The third-order valence-electron chi connectivity index (χ3n) is 0. The molecule has 3 heteroatoms. The molecule has 0 saturated carbocycles. The van der Waals surface area contributed by atoms with Crippen molar-refractivity contribution in [1.82, 2.24) is 0 Å². The van der Waals surface area contributed by atoms with E-state index in [0.29, 0.717) is 0 Å². The van der Waals surface area contributed by atoms with Crippen LogP contribution >= 0.6 is 0 Å². The summed E-state index contributed by atoms with van der Waals surface area (Å²) in [6, 6.07) is 0. The first-order chi connectivity index (χ1) is 1.41. The van der Waals surface area contributed by atoms with Crippen molar-refractivity contribution < 1.29 is 0 Å². The molecule has 27 valence electrons. The van der Waals surface area contributed by atoms with Crippen LogP contribution in [0, 0.1) is 6.67 Å². The molecule has 0 rings (SSSR count). The Morgan fingerprint density at radius 1 is 1.25 bits per heavy atom. The molecule has 0 aliphatic heterocycles. The maximum atomic E-state index is 4.50. The first-order valence-electron chi connectivity index (χ1n) is 0.667. The van der Waals surface area contributed by atoms with Gasteiger partial charge in [-0.25, -0.2) is 0 Å². The number of hydrogen-bond acceptors (Lipinski definition) is 2. The minimum atomic E-state index is 0. The molecule has 0 aromatic rings.